The number of sulfonamides is 1. The molecule has 8 nitrogen and oxygen atoms in total. The number of anilines is 2. The molecule has 3 aromatic rings. The van der Waals surface area contributed by atoms with Gasteiger partial charge in [-0.25, -0.2) is 13.8 Å². The minimum absolute atomic E-state index is 0.0866. The number of ether oxygens (including phenoxy) is 1. The Hall–Kier alpha value is -3.85. The molecule has 0 unspecified atom stereocenters. The minimum atomic E-state index is -3.99. The summed E-state index contributed by atoms with van der Waals surface area (Å²) >= 11 is 0. The number of nitrogens with zero attached hydrogens (tertiary/aromatic N) is 3. The van der Waals surface area contributed by atoms with E-state index < -0.39 is 22.5 Å². The molecule has 0 atom stereocenters. The van der Waals surface area contributed by atoms with Crippen LogP contribution in [0.3, 0.4) is 0 Å². The maximum absolute atomic E-state index is 13.4. The second-order valence-corrected chi connectivity index (χ2v) is 9.67. The third-order valence-electron chi connectivity index (χ3n) is 5.48. The molecule has 9 heteroatoms. The van der Waals surface area contributed by atoms with Crippen LogP contribution in [0.4, 0.5) is 11.4 Å². The molecule has 0 aliphatic heterocycles. The maximum Gasteiger partial charge on any atom is 0.264 e. The van der Waals surface area contributed by atoms with Gasteiger partial charge in [0.05, 0.1) is 23.4 Å². The highest BCUT2D eigenvalue weighted by atomic mass is 32.2. The van der Waals surface area contributed by atoms with E-state index in [0.717, 1.165) is 28.6 Å². The van der Waals surface area contributed by atoms with Gasteiger partial charge in [-0.2, -0.15) is 5.10 Å². The zero-order valence-electron chi connectivity index (χ0n) is 20.8. The van der Waals surface area contributed by atoms with Crippen LogP contribution in [0.2, 0.25) is 0 Å². The molecule has 1 N–H and O–H groups in total. The lowest BCUT2D eigenvalue weighted by Gasteiger charge is -2.24. The average Bonchev–Trinajstić information content (AvgIpc) is 2.90. The lowest BCUT2D eigenvalue weighted by molar-refractivity contribution is -0.119. The Bertz CT molecular complexity index is 1240. The van der Waals surface area contributed by atoms with Crippen LogP contribution in [-0.2, 0) is 14.8 Å². The van der Waals surface area contributed by atoms with Crippen molar-refractivity contribution in [3.8, 4) is 5.75 Å². The molecule has 0 aliphatic carbocycles. The van der Waals surface area contributed by atoms with Crippen LogP contribution in [0.25, 0.3) is 0 Å². The van der Waals surface area contributed by atoms with Crippen molar-refractivity contribution in [1.29, 1.82) is 0 Å². The number of hydrazone groups is 1. The van der Waals surface area contributed by atoms with Crippen molar-refractivity contribution < 1.29 is 17.9 Å². The number of benzene rings is 3. The van der Waals surface area contributed by atoms with Crippen LogP contribution in [0.15, 0.2) is 88.9 Å². The van der Waals surface area contributed by atoms with Crippen molar-refractivity contribution in [2.75, 3.05) is 35.4 Å². The summed E-state index contributed by atoms with van der Waals surface area (Å²) in [4.78, 5) is 15.0. The monoisotopic (exact) mass is 508 g/mol. The van der Waals surface area contributed by atoms with Gasteiger partial charge in [0.25, 0.3) is 15.9 Å². The second kappa shape index (κ2) is 12.7. The summed E-state index contributed by atoms with van der Waals surface area (Å²) in [6, 6.07) is 22.4. The third-order valence-corrected chi connectivity index (χ3v) is 7.27. The van der Waals surface area contributed by atoms with Crippen molar-refractivity contribution in [3.05, 3.63) is 84.4 Å². The molecule has 0 aliphatic rings. The Balaban J connectivity index is 1.75. The normalized spacial score (nSPS) is 11.3. The van der Waals surface area contributed by atoms with Crippen LogP contribution in [-0.4, -0.2) is 46.8 Å². The minimum Gasteiger partial charge on any atom is -0.494 e. The largest absolute Gasteiger partial charge is 0.494 e. The highest BCUT2D eigenvalue weighted by Gasteiger charge is 2.27. The first-order valence-electron chi connectivity index (χ1n) is 11.9. The van der Waals surface area contributed by atoms with Gasteiger partial charge in [0.1, 0.15) is 12.3 Å². The zero-order valence-corrected chi connectivity index (χ0v) is 21.6. The zero-order chi connectivity index (χ0) is 26.0. The van der Waals surface area contributed by atoms with Crippen LogP contribution < -0.4 is 19.4 Å². The van der Waals surface area contributed by atoms with Crippen LogP contribution in [0.5, 0.6) is 5.75 Å². The van der Waals surface area contributed by atoms with E-state index in [0.29, 0.717) is 18.0 Å². The fraction of sp³-hybridized carbons (Fsp3) is 0.259. The van der Waals surface area contributed by atoms with E-state index in [9.17, 15) is 13.2 Å². The summed E-state index contributed by atoms with van der Waals surface area (Å²) in [5.41, 5.74) is 4.70. The van der Waals surface area contributed by atoms with E-state index in [1.54, 1.807) is 42.5 Å². The lowest BCUT2D eigenvalue weighted by atomic mass is 10.2. The van der Waals surface area contributed by atoms with Crippen molar-refractivity contribution in [2.45, 2.75) is 25.7 Å². The van der Waals surface area contributed by atoms with Gasteiger partial charge in [0, 0.05) is 18.8 Å². The molecule has 0 radical (unpaired) electrons. The number of carbonyl (C=O) groups excluding carboxylic acids is 1. The Kier molecular flexibility index (Phi) is 9.46. The molecule has 36 heavy (non-hydrogen) atoms. The van der Waals surface area contributed by atoms with Crippen LogP contribution >= 0.6 is 0 Å². The molecule has 3 aromatic carbocycles. The fourth-order valence-corrected chi connectivity index (χ4v) is 5.06. The molecular weight excluding hydrogens is 476 g/mol. The SMILES string of the molecule is CCOc1ccc(N(CC(=O)N/N=C\c2ccc(N(CC)CC)cc2)S(=O)(=O)c2ccccc2)cc1. The Morgan fingerprint density at radius 3 is 2.08 bits per heavy atom. The second-order valence-electron chi connectivity index (χ2n) is 7.81. The van der Waals surface area contributed by atoms with Gasteiger partial charge in [-0.1, -0.05) is 30.3 Å². The lowest BCUT2D eigenvalue weighted by Crippen LogP contribution is -2.39. The van der Waals surface area contributed by atoms with Crippen LogP contribution in [0, 0.1) is 0 Å². The molecule has 0 bridgehead atoms. The highest BCUT2D eigenvalue weighted by molar-refractivity contribution is 7.92. The van der Waals surface area contributed by atoms with E-state index in [-0.39, 0.29) is 4.90 Å². The predicted octanol–water partition coefficient (Wildman–Crippen LogP) is 4.28. The molecule has 0 aromatic heterocycles. The summed E-state index contributed by atoms with van der Waals surface area (Å²) in [6.07, 6.45) is 1.52. The molecular formula is C27H32N4O4S. The summed E-state index contributed by atoms with van der Waals surface area (Å²) in [5, 5.41) is 4.02. The molecule has 0 fully saturated rings. The Morgan fingerprint density at radius 1 is 0.889 bits per heavy atom. The number of carbonyl (C=O) groups is 1. The van der Waals surface area contributed by atoms with Gasteiger partial charge in [-0.05, 0) is 74.9 Å². The summed E-state index contributed by atoms with van der Waals surface area (Å²) in [7, 11) is -3.99. The number of rotatable bonds is 12. The van der Waals surface area contributed by atoms with E-state index in [4.69, 9.17) is 4.74 Å². The third kappa shape index (κ3) is 6.85. The van der Waals surface area contributed by atoms with E-state index >= 15 is 0 Å². The highest BCUT2D eigenvalue weighted by Crippen LogP contribution is 2.25. The summed E-state index contributed by atoms with van der Waals surface area (Å²) < 4.78 is 33.3. The first-order valence-corrected chi connectivity index (χ1v) is 13.3. The standard InChI is InChI=1S/C27H32N4O4S/c1-4-30(5-2)23-14-12-22(13-15-23)20-28-29-27(32)21-31(24-16-18-25(19-17-24)35-6-3)36(33,34)26-10-8-7-9-11-26/h7-20H,4-6,21H2,1-3H3,(H,29,32)/b28-20-. The van der Waals surface area contributed by atoms with Crippen molar-refractivity contribution in [2.24, 2.45) is 5.10 Å². The molecule has 0 heterocycles. The molecule has 0 saturated heterocycles. The van der Waals surface area contributed by atoms with Gasteiger partial charge in [0.2, 0.25) is 0 Å². The molecule has 190 valence electrons. The topological polar surface area (TPSA) is 91.3 Å². The summed E-state index contributed by atoms with van der Waals surface area (Å²) in [6.45, 7) is 7.94. The van der Waals surface area contributed by atoms with Crippen molar-refractivity contribution in [3.63, 3.8) is 0 Å². The predicted molar refractivity (Wildman–Crippen MR) is 144 cm³/mol. The van der Waals surface area contributed by atoms with Crippen LogP contribution in [0.1, 0.15) is 26.3 Å². The van der Waals surface area contributed by atoms with Crippen molar-refractivity contribution in [1.82, 2.24) is 5.43 Å². The molecule has 0 saturated carbocycles. The Labute approximate surface area is 213 Å². The van der Waals surface area contributed by atoms with Gasteiger partial charge >= 0.3 is 0 Å². The van der Waals surface area contributed by atoms with Gasteiger partial charge < -0.3 is 9.64 Å². The maximum atomic E-state index is 13.4. The molecule has 3 rings (SSSR count). The molecule has 1 amide bonds. The van der Waals surface area contributed by atoms with Gasteiger partial charge in [0.15, 0.2) is 0 Å². The first kappa shape index (κ1) is 26.7. The Morgan fingerprint density at radius 2 is 1.50 bits per heavy atom. The van der Waals surface area contributed by atoms with E-state index in [2.05, 4.69) is 29.3 Å². The van der Waals surface area contributed by atoms with Gasteiger partial charge in [-0.15, -0.1) is 0 Å². The van der Waals surface area contributed by atoms with Gasteiger partial charge in [-0.3, -0.25) is 9.10 Å². The fourth-order valence-electron chi connectivity index (χ4n) is 3.61. The average molecular weight is 509 g/mol. The smallest absolute Gasteiger partial charge is 0.264 e. The molecule has 0 spiro atoms. The number of hydrogen-bond acceptors (Lipinski definition) is 6. The quantitative estimate of drug-likeness (QED) is 0.291. The van der Waals surface area contributed by atoms with E-state index in [1.807, 2.05) is 31.2 Å². The number of amides is 1. The summed E-state index contributed by atoms with van der Waals surface area (Å²) in [5.74, 6) is 0.0405. The first-order chi connectivity index (χ1) is 17.4. The number of hydrogen-bond donors (Lipinski definition) is 1. The van der Waals surface area contributed by atoms with E-state index in [1.165, 1.54) is 18.3 Å². The van der Waals surface area contributed by atoms with Crippen molar-refractivity contribution >= 4 is 33.5 Å². The number of nitrogens with one attached hydrogen (secondary N) is 1.